The van der Waals surface area contributed by atoms with Gasteiger partial charge in [0.2, 0.25) is 23.5 Å². The molecule has 4 amide bonds. The molecule has 1 atom stereocenters. The van der Waals surface area contributed by atoms with Gasteiger partial charge >= 0.3 is 0 Å². The van der Waals surface area contributed by atoms with Crippen LogP contribution in [0.2, 0.25) is 10.0 Å². The summed E-state index contributed by atoms with van der Waals surface area (Å²) in [4.78, 5) is 83.6. The number of hydrogen-bond acceptors (Lipinski definition) is 12. The summed E-state index contributed by atoms with van der Waals surface area (Å²) in [7, 11) is 0. The topological polar surface area (TPSA) is 179 Å². The molecule has 3 aliphatic heterocycles. The molecule has 2 fully saturated rings. The van der Waals surface area contributed by atoms with Gasteiger partial charge in [0, 0.05) is 74.8 Å². The Morgan fingerprint density at radius 3 is 2.38 bits per heavy atom. The van der Waals surface area contributed by atoms with Crippen LogP contribution in [0.1, 0.15) is 40.0 Å². The van der Waals surface area contributed by atoms with Crippen molar-refractivity contribution in [2.45, 2.75) is 25.3 Å². The molecule has 18 heteroatoms. The van der Waals surface area contributed by atoms with Crippen LogP contribution in [0.3, 0.4) is 0 Å². The first-order valence-electron chi connectivity index (χ1n) is 18.8. The van der Waals surface area contributed by atoms with E-state index in [4.69, 9.17) is 23.2 Å². The molecule has 0 bridgehead atoms. The number of halogens is 2. The predicted molar refractivity (Wildman–Crippen MR) is 219 cm³/mol. The third-order valence-corrected chi connectivity index (χ3v) is 11.3. The molecule has 6 aromatic rings. The van der Waals surface area contributed by atoms with Gasteiger partial charge in [0.25, 0.3) is 17.4 Å². The highest BCUT2D eigenvalue weighted by Crippen LogP contribution is 2.33. The van der Waals surface area contributed by atoms with Crippen molar-refractivity contribution in [3.63, 3.8) is 0 Å². The van der Waals surface area contributed by atoms with Crippen LogP contribution < -0.4 is 26.4 Å². The van der Waals surface area contributed by atoms with Gasteiger partial charge in [-0.1, -0.05) is 35.3 Å². The van der Waals surface area contributed by atoms with Gasteiger partial charge in [-0.25, -0.2) is 14.5 Å². The zero-order valence-corrected chi connectivity index (χ0v) is 32.3. The van der Waals surface area contributed by atoms with E-state index in [1.807, 2.05) is 12.1 Å². The van der Waals surface area contributed by atoms with Crippen LogP contribution in [0, 0.1) is 0 Å². The van der Waals surface area contributed by atoms with Crippen LogP contribution in [0.25, 0.3) is 22.5 Å². The van der Waals surface area contributed by atoms with E-state index in [0.29, 0.717) is 45.3 Å². The Kier molecular flexibility index (Phi) is 9.75. The molecule has 3 aromatic heterocycles. The normalized spacial score (nSPS) is 17.3. The standard InChI is InChI=1S/C40H35Cl2N11O5/c41-27-5-2-6-28(42)33(27)53-37(57)26-22-45-39(48-34(26)51-17-15-44-40(51)53)46-23-8-10-24(11-9-23)50-20-18-49(19-21-50)16-3-14-43-29-7-1-4-25-32(29)38(58)52(36(25)56)30-12-13-31(54)47-35(30)55/h1-2,4-11,15,17,22,30,43H,3,12-14,16,18-21H2,(H,45,46,48)(H,47,54,55). The number of carbonyl (C=O) groups is 4. The molecular formula is C40H35Cl2N11O5. The third-order valence-electron chi connectivity index (χ3n) is 10.7. The number of nitrogens with one attached hydrogen (secondary N) is 3. The first-order valence-corrected chi connectivity index (χ1v) is 19.5. The summed E-state index contributed by atoms with van der Waals surface area (Å²) in [5.41, 5.74) is 3.27. The van der Waals surface area contributed by atoms with Crippen molar-refractivity contribution in [2.75, 3.05) is 54.8 Å². The van der Waals surface area contributed by atoms with Crippen molar-refractivity contribution in [3.05, 3.63) is 111 Å². The minimum absolute atomic E-state index is 0.0733. The molecule has 3 N–H and O–H groups in total. The van der Waals surface area contributed by atoms with Crippen LogP contribution >= 0.6 is 23.2 Å². The monoisotopic (exact) mass is 819 g/mol. The lowest BCUT2D eigenvalue weighted by atomic mass is 10.0. The van der Waals surface area contributed by atoms with E-state index in [2.05, 4.69) is 52.8 Å². The Morgan fingerprint density at radius 2 is 1.62 bits per heavy atom. The third kappa shape index (κ3) is 6.68. The van der Waals surface area contributed by atoms with Gasteiger partial charge in [0.1, 0.15) is 11.4 Å². The Morgan fingerprint density at radius 1 is 0.862 bits per heavy atom. The predicted octanol–water partition coefficient (Wildman–Crippen LogP) is 4.50. The van der Waals surface area contributed by atoms with Crippen LogP contribution in [-0.4, -0.2) is 103 Å². The smallest absolute Gasteiger partial charge is 0.270 e. The zero-order chi connectivity index (χ0) is 40.1. The number of carbonyl (C=O) groups excluding carboxylic acids is 4. The van der Waals surface area contributed by atoms with E-state index in [9.17, 15) is 24.0 Å². The Balaban J connectivity index is 0.788. The van der Waals surface area contributed by atoms with Gasteiger partial charge in [-0.3, -0.25) is 43.5 Å². The fourth-order valence-corrected chi connectivity index (χ4v) is 8.38. The molecular weight excluding hydrogens is 785 g/mol. The number of amides is 4. The number of aromatic nitrogens is 5. The summed E-state index contributed by atoms with van der Waals surface area (Å²) in [5, 5.41) is 9.70. The molecule has 6 heterocycles. The van der Waals surface area contributed by atoms with Crippen LogP contribution in [0.5, 0.6) is 0 Å². The number of imide groups is 2. The maximum Gasteiger partial charge on any atom is 0.270 e. The van der Waals surface area contributed by atoms with Crippen LogP contribution in [0.4, 0.5) is 23.0 Å². The number of piperazine rings is 1. The average Bonchev–Trinajstić information content (AvgIpc) is 3.81. The van der Waals surface area contributed by atoms with Gasteiger partial charge < -0.3 is 15.5 Å². The SMILES string of the molecule is O=C1CCC(N2C(=O)c3cccc(NCCCN4CCN(c5ccc(Nc6ncc7c(=O)n(-c8c(Cl)cccc8Cl)c8nccn8c7n6)cc5)CC4)c3C2=O)C(=O)N1. The highest BCUT2D eigenvalue weighted by Gasteiger charge is 2.45. The molecule has 0 aliphatic carbocycles. The molecule has 16 nitrogen and oxygen atoms in total. The Labute approximate surface area is 340 Å². The summed E-state index contributed by atoms with van der Waals surface area (Å²) in [6, 6.07) is 17.1. The molecule has 3 aromatic carbocycles. The molecule has 0 spiro atoms. The Hall–Kier alpha value is -6.36. The summed E-state index contributed by atoms with van der Waals surface area (Å²) >= 11 is 12.9. The first kappa shape index (κ1) is 37.2. The van der Waals surface area contributed by atoms with Gasteiger partial charge in [-0.15, -0.1) is 0 Å². The largest absolute Gasteiger partial charge is 0.384 e. The highest BCUT2D eigenvalue weighted by molar-refractivity contribution is 6.37. The number of imidazole rings is 1. The van der Waals surface area contributed by atoms with Gasteiger partial charge in [-0.05, 0) is 67.9 Å². The summed E-state index contributed by atoms with van der Waals surface area (Å²) < 4.78 is 3.06. The summed E-state index contributed by atoms with van der Waals surface area (Å²) in [6.45, 7) is 4.91. The van der Waals surface area contributed by atoms with E-state index in [1.165, 1.54) is 10.8 Å². The fourth-order valence-electron chi connectivity index (χ4n) is 7.81. The van der Waals surface area contributed by atoms with Crippen molar-refractivity contribution in [2.24, 2.45) is 0 Å². The van der Waals surface area contributed by atoms with Crippen molar-refractivity contribution in [3.8, 4) is 5.69 Å². The summed E-state index contributed by atoms with van der Waals surface area (Å²) in [6.07, 6.45) is 5.77. The molecule has 2 saturated heterocycles. The lowest BCUT2D eigenvalue weighted by molar-refractivity contribution is -0.136. The second-order valence-corrected chi connectivity index (χ2v) is 15.0. The number of anilines is 4. The molecule has 294 valence electrons. The minimum Gasteiger partial charge on any atom is -0.384 e. The van der Waals surface area contributed by atoms with Crippen molar-refractivity contribution in [1.82, 2.24) is 39.0 Å². The molecule has 1 unspecified atom stereocenters. The molecule has 58 heavy (non-hydrogen) atoms. The van der Waals surface area contributed by atoms with Crippen molar-refractivity contribution >= 4 is 86.7 Å². The number of nitrogens with zero attached hydrogens (tertiary/aromatic N) is 8. The molecule has 0 radical (unpaired) electrons. The van der Waals surface area contributed by atoms with E-state index in [-0.39, 0.29) is 29.4 Å². The molecule has 3 aliphatic rings. The molecule has 9 rings (SSSR count). The second-order valence-electron chi connectivity index (χ2n) is 14.2. The minimum atomic E-state index is -1.00. The number of para-hydroxylation sites is 1. The van der Waals surface area contributed by atoms with Gasteiger partial charge in [-0.2, -0.15) is 4.98 Å². The maximum atomic E-state index is 13.7. The maximum absolute atomic E-state index is 13.7. The van der Waals surface area contributed by atoms with Gasteiger partial charge in [0.05, 0.1) is 26.9 Å². The van der Waals surface area contributed by atoms with Crippen molar-refractivity contribution < 1.29 is 19.2 Å². The fraction of sp³-hybridized carbons (Fsp3) is 0.250. The quantitative estimate of drug-likeness (QED) is 0.130. The van der Waals surface area contributed by atoms with E-state index in [0.717, 1.165) is 55.4 Å². The number of hydrogen-bond donors (Lipinski definition) is 3. The summed E-state index contributed by atoms with van der Waals surface area (Å²) in [5.74, 6) is -1.45. The lowest BCUT2D eigenvalue weighted by Crippen LogP contribution is -2.54. The van der Waals surface area contributed by atoms with E-state index >= 15 is 0 Å². The Bertz CT molecular complexity index is 2690. The van der Waals surface area contributed by atoms with E-state index < -0.39 is 35.2 Å². The number of rotatable bonds is 10. The average molecular weight is 821 g/mol. The van der Waals surface area contributed by atoms with Crippen LogP contribution in [0.15, 0.2) is 84.0 Å². The zero-order valence-electron chi connectivity index (χ0n) is 30.8. The number of benzene rings is 3. The highest BCUT2D eigenvalue weighted by atomic mass is 35.5. The van der Waals surface area contributed by atoms with Crippen LogP contribution in [-0.2, 0) is 9.59 Å². The second kappa shape index (κ2) is 15.2. The van der Waals surface area contributed by atoms with Gasteiger partial charge in [0.15, 0.2) is 5.65 Å². The number of fused-ring (bicyclic) bond motifs is 4. The number of piperidine rings is 1. The van der Waals surface area contributed by atoms with E-state index in [1.54, 1.807) is 53.2 Å². The molecule has 0 saturated carbocycles. The first-order chi connectivity index (χ1) is 28.2. The lowest BCUT2D eigenvalue weighted by Gasteiger charge is -2.36. The van der Waals surface area contributed by atoms with Crippen molar-refractivity contribution in [1.29, 1.82) is 0 Å².